The summed E-state index contributed by atoms with van der Waals surface area (Å²) in [6, 6.07) is 10.3. The van der Waals surface area contributed by atoms with Crippen LogP contribution < -0.4 is 20.3 Å². The Morgan fingerprint density at radius 2 is 1.90 bits per heavy atom. The lowest BCUT2D eigenvalue weighted by atomic mass is 10.1. The third-order valence-electron chi connectivity index (χ3n) is 5.06. The van der Waals surface area contributed by atoms with Gasteiger partial charge < -0.3 is 29.7 Å². The Bertz CT molecular complexity index is 853. The van der Waals surface area contributed by atoms with Gasteiger partial charge in [-0.2, -0.15) is 0 Å². The van der Waals surface area contributed by atoms with Crippen molar-refractivity contribution in [3.8, 4) is 5.75 Å². The Morgan fingerprint density at radius 3 is 2.65 bits per heavy atom. The second-order valence-electron chi connectivity index (χ2n) is 7.32. The number of methoxy groups -OCH3 is 1. The fraction of sp³-hybridized carbons (Fsp3) is 0.478. The predicted octanol–water partition coefficient (Wildman–Crippen LogP) is 2.12. The fourth-order valence-electron chi connectivity index (χ4n) is 3.38. The van der Waals surface area contributed by atoms with E-state index in [9.17, 15) is 0 Å². The van der Waals surface area contributed by atoms with Crippen LogP contribution in [-0.4, -0.2) is 64.6 Å². The fourth-order valence-corrected chi connectivity index (χ4v) is 3.38. The highest BCUT2D eigenvalue weighted by atomic mass is 16.5. The number of ether oxygens (including phenoxy) is 3. The summed E-state index contributed by atoms with van der Waals surface area (Å²) in [4.78, 5) is 11.2. The predicted molar refractivity (Wildman–Crippen MR) is 123 cm³/mol. The van der Waals surface area contributed by atoms with Crippen molar-refractivity contribution < 1.29 is 14.2 Å². The third kappa shape index (κ3) is 6.83. The molecule has 1 aromatic carbocycles. The average Bonchev–Trinajstić information content (AvgIpc) is 2.81. The number of hydrogen-bond acceptors (Lipinski definition) is 6. The van der Waals surface area contributed by atoms with Gasteiger partial charge in [0.15, 0.2) is 5.96 Å². The number of anilines is 1. The minimum Gasteiger partial charge on any atom is -0.491 e. The highest BCUT2D eigenvalue weighted by Crippen LogP contribution is 2.21. The van der Waals surface area contributed by atoms with Gasteiger partial charge in [-0.15, -0.1) is 0 Å². The van der Waals surface area contributed by atoms with Crippen molar-refractivity contribution in [1.82, 2.24) is 15.6 Å². The van der Waals surface area contributed by atoms with Gasteiger partial charge in [-0.1, -0.05) is 18.2 Å². The zero-order chi connectivity index (χ0) is 21.9. The number of pyridine rings is 1. The van der Waals surface area contributed by atoms with Gasteiger partial charge in [-0.05, 0) is 24.6 Å². The minimum absolute atomic E-state index is 0.519. The summed E-state index contributed by atoms with van der Waals surface area (Å²) in [6.07, 6.45) is 1.84. The van der Waals surface area contributed by atoms with Crippen molar-refractivity contribution in [3.05, 3.63) is 53.2 Å². The van der Waals surface area contributed by atoms with Gasteiger partial charge in [0.2, 0.25) is 0 Å². The van der Waals surface area contributed by atoms with E-state index in [0.717, 1.165) is 60.5 Å². The number of aliphatic imine (C=N–C) groups is 1. The zero-order valence-corrected chi connectivity index (χ0v) is 18.7. The summed E-state index contributed by atoms with van der Waals surface area (Å²) in [5.74, 6) is 2.59. The maximum absolute atomic E-state index is 5.89. The molecule has 0 amide bonds. The molecule has 0 atom stereocenters. The maximum Gasteiger partial charge on any atom is 0.191 e. The monoisotopic (exact) mass is 427 g/mol. The standard InChI is InChI=1S/C23H33N5O3/c1-18-6-7-19(21(15-18)31-14-13-29-3)16-26-23(24-2)27-17-20-5-4-8-25-22(20)28-9-11-30-12-10-28/h4-8,15H,9-14,16-17H2,1-3H3,(H2,24,26,27). The number of aryl methyl sites for hydroxylation is 1. The molecule has 8 heteroatoms. The molecule has 168 valence electrons. The molecule has 0 saturated carbocycles. The van der Waals surface area contributed by atoms with Crippen LogP contribution in [0.5, 0.6) is 5.75 Å². The van der Waals surface area contributed by atoms with Crippen molar-refractivity contribution in [3.63, 3.8) is 0 Å². The molecular weight excluding hydrogens is 394 g/mol. The molecule has 0 spiro atoms. The molecule has 3 rings (SSSR count). The summed E-state index contributed by atoms with van der Waals surface area (Å²) < 4.78 is 16.4. The Kier molecular flexibility index (Phi) is 8.93. The van der Waals surface area contributed by atoms with Crippen LogP contribution in [0.2, 0.25) is 0 Å². The molecule has 0 unspecified atom stereocenters. The van der Waals surface area contributed by atoms with E-state index in [1.165, 1.54) is 0 Å². The van der Waals surface area contributed by atoms with Crippen LogP contribution >= 0.6 is 0 Å². The number of morpholine rings is 1. The van der Waals surface area contributed by atoms with Gasteiger partial charge in [0.1, 0.15) is 18.2 Å². The summed E-state index contributed by atoms with van der Waals surface area (Å²) >= 11 is 0. The van der Waals surface area contributed by atoms with Crippen molar-refractivity contribution in [2.24, 2.45) is 4.99 Å². The molecule has 2 N–H and O–H groups in total. The molecule has 8 nitrogen and oxygen atoms in total. The van der Waals surface area contributed by atoms with E-state index >= 15 is 0 Å². The molecule has 0 aliphatic carbocycles. The highest BCUT2D eigenvalue weighted by molar-refractivity contribution is 5.79. The second-order valence-corrected chi connectivity index (χ2v) is 7.32. The Balaban J connectivity index is 1.59. The molecule has 1 saturated heterocycles. The number of benzene rings is 1. The van der Waals surface area contributed by atoms with Crippen LogP contribution in [-0.2, 0) is 22.6 Å². The lowest BCUT2D eigenvalue weighted by molar-refractivity contribution is 0.122. The van der Waals surface area contributed by atoms with Crippen molar-refractivity contribution >= 4 is 11.8 Å². The van der Waals surface area contributed by atoms with E-state index in [1.807, 2.05) is 18.3 Å². The van der Waals surface area contributed by atoms with Crippen molar-refractivity contribution in [2.75, 3.05) is 58.6 Å². The Hall–Kier alpha value is -2.84. The molecular formula is C23H33N5O3. The SMILES string of the molecule is CN=C(NCc1ccc(C)cc1OCCOC)NCc1cccnc1N1CCOCC1. The number of rotatable bonds is 9. The quantitative estimate of drug-likeness (QED) is 0.360. The first-order valence-electron chi connectivity index (χ1n) is 10.6. The van der Waals surface area contributed by atoms with Gasteiger partial charge in [0, 0.05) is 57.7 Å². The van der Waals surface area contributed by atoms with E-state index in [1.54, 1.807) is 14.2 Å². The van der Waals surface area contributed by atoms with Crippen LogP contribution in [0.25, 0.3) is 0 Å². The highest BCUT2D eigenvalue weighted by Gasteiger charge is 2.16. The number of aromatic nitrogens is 1. The van der Waals surface area contributed by atoms with E-state index in [-0.39, 0.29) is 0 Å². The van der Waals surface area contributed by atoms with Gasteiger partial charge in [-0.25, -0.2) is 4.98 Å². The Morgan fingerprint density at radius 1 is 1.13 bits per heavy atom. The summed E-state index contributed by atoms with van der Waals surface area (Å²) in [5, 5.41) is 6.78. The largest absolute Gasteiger partial charge is 0.491 e. The van der Waals surface area contributed by atoms with Crippen LogP contribution in [0.3, 0.4) is 0 Å². The summed E-state index contributed by atoms with van der Waals surface area (Å²) in [6.45, 7) is 7.55. The first-order chi connectivity index (χ1) is 15.2. The van der Waals surface area contributed by atoms with E-state index in [0.29, 0.717) is 26.3 Å². The van der Waals surface area contributed by atoms with Gasteiger partial charge in [0.05, 0.1) is 19.8 Å². The molecule has 2 aromatic rings. The van der Waals surface area contributed by atoms with Crippen LogP contribution in [0, 0.1) is 6.92 Å². The van der Waals surface area contributed by atoms with Crippen LogP contribution in [0.4, 0.5) is 5.82 Å². The topological polar surface area (TPSA) is 80.2 Å². The molecule has 0 radical (unpaired) electrons. The van der Waals surface area contributed by atoms with E-state index < -0.39 is 0 Å². The minimum atomic E-state index is 0.519. The average molecular weight is 428 g/mol. The lowest BCUT2D eigenvalue weighted by Crippen LogP contribution is -2.39. The number of nitrogens with zero attached hydrogens (tertiary/aromatic N) is 3. The maximum atomic E-state index is 5.89. The number of guanidine groups is 1. The van der Waals surface area contributed by atoms with Crippen molar-refractivity contribution in [2.45, 2.75) is 20.0 Å². The number of nitrogens with one attached hydrogen (secondary N) is 2. The molecule has 1 fully saturated rings. The molecule has 1 aromatic heterocycles. The van der Waals surface area contributed by atoms with Gasteiger partial charge in [0.25, 0.3) is 0 Å². The summed E-state index contributed by atoms with van der Waals surface area (Å²) in [7, 11) is 3.44. The Labute approximate surface area is 184 Å². The molecule has 1 aliphatic heterocycles. The summed E-state index contributed by atoms with van der Waals surface area (Å²) in [5.41, 5.74) is 3.36. The normalized spacial score (nSPS) is 14.4. The third-order valence-corrected chi connectivity index (χ3v) is 5.06. The van der Waals surface area contributed by atoms with Crippen molar-refractivity contribution in [1.29, 1.82) is 0 Å². The smallest absolute Gasteiger partial charge is 0.191 e. The molecule has 2 heterocycles. The van der Waals surface area contributed by atoms with E-state index in [2.05, 4.69) is 50.6 Å². The molecule has 0 bridgehead atoms. The first-order valence-corrected chi connectivity index (χ1v) is 10.6. The van der Waals surface area contributed by atoms with Crippen LogP contribution in [0.15, 0.2) is 41.5 Å². The van der Waals surface area contributed by atoms with Gasteiger partial charge in [-0.3, -0.25) is 4.99 Å². The first kappa shape index (κ1) is 22.8. The lowest BCUT2D eigenvalue weighted by Gasteiger charge is -2.29. The van der Waals surface area contributed by atoms with E-state index in [4.69, 9.17) is 14.2 Å². The molecule has 1 aliphatic rings. The van der Waals surface area contributed by atoms with Crippen LogP contribution in [0.1, 0.15) is 16.7 Å². The second kappa shape index (κ2) is 12.1. The number of hydrogen-bond donors (Lipinski definition) is 2. The zero-order valence-electron chi connectivity index (χ0n) is 18.7. The van der Waals surface area contributed by atoms with Gasteiger partial charge >= 0.3 is 0 Å². The molecule has 31 heavy (non-hydrogen) atoms.